The molecule has 1 atom stereocenters. The molecule has 1 unspecified atom stereocenters. The van der Waals surface area contributed by atoms with Crippen molar-refractivity contribution in [2.75, 3.05) is 19.6 Å². The van der Waals surface area contributed by atoms with Gasteiger partial charge in [-0.05, 0) is 23.8 Å². The van der Waals surface area contributed by atoms with Gasteiger partial charge in [-0.2, -0.15) is 0 Å². The second-order valence-corrected chi connectivity index (χ2v) is 6.07. The second kappa shape index (κ2) is 9.80. The fourth-order valence-corrected chi connectivity index (χ4v) is 3.18. The van der Waals surface area contributed by atoms with Crippen LogP contribution in [0, 0.1) is 5.82 Å². The summed E-state index contributed by atoms with van der Waals surface area (Å²) in [7, 11) is 0. The lowest BCUT2D eigenvalue weighted by atomic mass is 10.1. The fraction of sp³-hybridized carbons (Fsp3) is 0.263. The summed E-state index contributed by atoms with van der Waals surface area (Å²) in [6, 6.07) is 10.8. The molecule has 0 radical (unpaired) electrons. The summed E-state index contributed by atoms with van der Waals surface area (Å²) in [4.78, 5) is 10.9. The van der Waals surface area contributed by atoms with Gasteiger partial charge in [0.15, 0.2) is 5.76 Å². The van der Waals surface area contributed by atoms with E-state index in [-0.39, 0.29) is 36.7 Å². The molecule has 0 bridgehead atoms. The molecular formula is C19H21Cl2FN4O. The quantitative estimate of drug-likeness (QED) is 0.707. The summed E-state index contributed by atoms with van der Waals surface area (Å²) in [6.07, 6.45) is 5.26. The number of nitrogens with zero attached hydrogens (tertiary/aromatic N) is 3. The molecule has 1 aromatic carbocycles. The normalized spacial score (nSPS) is 17.0. The lowest BCUT2D eigenvalue weighted by Gasteiger charge is -2.35. The molecule has 27 heavy (non-hydrogen) atoms. The van der Waals surface area contributed by atoms with Crippen molar-refractivity contribution in [3.8, 4) is 11.3 Å². The van der Waals surface area contributed by atoms with Gasteiger partial charge in [-0.15, -0.1) is 24.8 Å². The maximum atomic E-state index is 13.9. The highest BCUT2D eigenvalue weighted by molar-refractivity contribution is 5.85. The third-order valence-corrected chi connectivity index (χ3v) is 4.45. The number of piperazine rings is 1. The summed E-state index contributed by atoms with van der Waals surface area (Å²) >= 11 is 0. The van der Waals surface area contributed by atoms with Gasteiger partial charge >= 0.3 is 0 Å². The number of hydrogen-bond donors (Lipinski definition) is 1. The van der Waals surface area contributed by atoms with E-state index in [0.29, 0.717) is 23.8 Å². The van der Waals surface area contributed by atoms with E-state index in [1.54, 1.807) is 30.6 Å². The van der Waals surface area contributed by atoms with E-state index in [1.165, 1.54) is 6.07 Å². The van der Waals surface area contributed by atoms with Crippen LogP contribution in [0.3, 0.4) is 0 Å². The Bertz CT molecular complexity index is 846. The minimum Gasteiger partial charge on any atom is -0.439 e. The van der Waals surface area contributed by atoms with Crippen molar-refractivity contribution in [2.45, 2.75) is 12.6 Å². The number of nitrogens with one attached hydrogen (secondary N) is 1. The molecule has 0 amide bonds. The molecule has 0 saturated carbocycles. The molecule has 1 N–H and O–H groups in total. The minimum absolute atomic E-state index is 0. The molecule has 144 valence electrons. The molecular weight excluding hydrogens is 390 g/mol. The number of hydrogen-bond acceptors (Lipinski definition) is 5. The lowest BCUT2D eigenvalue weighted by molar-refractivity contribution is 0.140. The van der Waals surface area contributed by atoms with Gasteiger partial charge in [0.25, 0.3) is 0 Å². The van der Waals surface area contributed by atoms with Crippen molar-refractivity contribution >= 4 is 24.8 Å². The first-order valence-corrected chi connectivity index (χ1v) is 8.35. The predicted molar refractivity (Wildman–Crippen MR) is 107 cm³/mol. The molecule has 0 aliphatic carbocycles. The zero-order valence-electron chi connectivity index (χ0n) is 14.5. The fourth-order valence-electron chi connectivity index (χ4n) is 3.18. The summed E-state index contributed by atoms with van der Waals surface area (Å²) in [6.45, 7) is 3.23. The summed E-state index contributed by atoms with van der Waals surface area (Å²) in [5.74, 6) is 0.746. The van der Waals surface area contributed by atoms with Crippen LogP contribution in [0.4, 0.5) is 4.39 Å². The molecule has 4 rings (SSSR count). The van der Waals surface area contributed by atoms with E-state index in [1.807, 2.05) is 12.3 Å². The van der Waals surface area contributed by atoms with E-state index >= 15 is 0 Å². The third kappa shape index (κ3) is 4.84. The Kier molecular flexibility index (Phi) is 7.74. The van der Waals surface area contributed by atoms with E-state index in [2.05, 4.69) is 26.3 Å². The summed E-state index contributed by atoms with van der Waals surface area (Å²) in [5.41, 5.74) is 1.60. The van der Waals surface area contributed by atoms with Crippen LogP contribution in [0.5, 0.6) is 0 Å². The Morgan fingerprint density at radius 1 is 1.15 bits per heavy atom. The number of oxazole rings is 1. The number of aromatic nitrogens is 2. The average Bonchev–Trinajstić information content (AvgIpc) is 3.11. The molecule has 3 aromatic rings. The van der Waals surface area contributed by atoms with Gasteiger partial charge in [-0.25, -0.2) is 9.37 Å². The van der Waals surface area contributed by atoms with E-state index < -0.39 is 0 Å². The van der Waals surface area contributed by atoms with Gasteiger partial charge in [0.05, 0.1) is 18.3 Å². The standard InChI is InChI=1S/C19H19FN4O.2ClH/c20-16-6-2-1-5-15(16)18-12-23-19(25-18)13-24-9-8-22-11-17(24)14-4-3-7-21-10-14;;/h1-7,10,12,17,22H,8-9,11,13H2;2*1H. The lowest BCUT2D eigenvalue weighted by Crippen LogP contribution is -2.45. The molecule has 1 fully saturated rings. The highest BCUT2D eigenvalue weighted by Gasteiger charge is 2.25. The van der Waals surface area contributed by atoms with Gasteiger partial charge < -0.3 is 9.73 Å². The van der Waals surface area contributed by atoms with Gasteiger partial charge in [-0.1, -0.05) is 18.2 Å². The molecule has 2 aromatic heterocycles. The monoisotopic (exact) mass is 410 g/mol. The molecule has 1 aliphatic rings. The van der Waals surface area contributed by atoms with Crippen LogP contribution < -0.4 is 5.32 Å². The van der Waals surface area contributed by atoms with Crippen LogP contribution in [0.1, 0.15) is 17.5 Å². The SMILES string of the molecule is Cl.Cl.Fc1ccccc1-c1cnc(CN2CCNCC2c2cccnc2)o1. The minimum atomic E-state index is -0.305. The van der Waals surface area contributed by atoms with Crippen LogP contribution in [-0.4, -0.2) is 34.5 Å². The first kappa shape index (κ1) is 21.3. The molecule has 5 nitrogen and oxygen atoms in total. The molecule has 8 heteroatoms. The number of rotatable bonds is 4. The van der Waals surface area contributed by atoms with Crippen molar-refractivity contribution in [3.05, 3.63) is 72.3 Å². The van der Waals surface area contributed by atoms with Crippen LogP contribution in [-0.2, 0) is 6.54 Å². The Morgan fingerprint density at radius 3 is 2.78 bits per heavy atom. The maximum absolute atomic E-state index is 13.9. The third-order valence-electron chi connectivity index (χ3n) is 4.45. The number of benzene rings is 1. The first-order valence-electron chi connectivity index (χ1n) is 8.35. The zero-order valence-corrected chi connectivity index (χ0v) is 16.2. The van der Waals surface area contributed by atoms with Crippen LogP contribution in [0.25, 0.3) is 11.3 Å². The van der Waals surface area contributed by atoms with Crippen molar-refractivity contribution in [3.63, 3.8) is 0 Å². The average molecular weight is 411 g/mol. The summed E-state index contributed by atoms with van der Waals surface area (Å²) < 4.78 is 19.7. The smallest absolute Gasteiger partial charge is 0.209 e. The van der Waals surface area contributed by atoms with Gasteiger partial charge in [0.1, 0.15) is 5.82 Å². The topological polar surface area (TPSA) is 54.2 Å². The van der Waals surface area contributed by atoms with Crippen molar-refractivity contribution in [1.82, 2.24) is 20.2 Å². The Hall–Kier alpha value is -1.99. The number of halogens is 3. The van der Waals surface area contributed by atoms with E-state index in [0.717, 1.165) is 25.2 Å². The Balaban J connectivity index is 0.00000131. The highest BCUT2D eigenvalue weighted by atomic mass is 35.5. The predicted octanol–water partition coefficient (Wildman–Crippen LogP) is 3.87. The highest BCUT2D eigenvalue weighted by Crippen LogP contribution is 2.26. The van der Waals surface area contributed by atoms with E-state index in [4.69, 9.17) is 4.42 Å². The van der Waals surface area contributed by atoms with Crippen LogP contribution in [0.2, 0.25) is 0 Å². The summed E-state index contributed by atoms with van der Waals surface area (Å²) in [5, 5.41) is 3.42. The largest absolute Gasteiger partial charge is 0.439 e. The second-order valence-electron chi connectivity index (χ2n) is 6.07. The van der Waals surface area contributed by atoms with Crippen LogP contribution >= 0.6 is 24.8 Å². The number of pyridine rings is 1. The van der Waals surface area contributed by atoms with Crippen molar-refractivity contribution in [1.29, 1.82) is 0 Å². The maximum Gasteiger partial charge on any atom is 0.209 e. The van der Waals surface area contributed by atoms with Crippen molar-refractivity contribution in [2.24, 2.45) is 0 Å². The Morgan fingerprint density at radius 2 is 2.00 bits per heavy atom. The molecule has 1 aliphatic heterocycles. The van der Waals surface area contributed by atoms with E-state index in [9.17, 15) is 4.39 Å². The Labute approximate surface area is 169 Å². The zero-order chi connectivity index (χ0) is 17.1. The van der Waals surface area contributed by atoms with Gasteiger partial charge in [0, 0.05) is 38.1 Å². The van der Waals surface area contributed by atoms with Gasteiger partial charge in [0.2, 0.25) is 5.89 Å². The van der Waals surface area contributed by atoms with Gasteiger partial charge in [-0.3, -0.25) is 9.88 Å². The van der Waals surface area contributed by atoms with Crippen LogP contribution in [0.15, 0.2) is 59.4 Å². The molecule has 1 saturated heterocycles. The first-order chi connectivity index (χ1) is 12.3. The van der Waals surface area contributed by atoms with Crippen molar-refractivity contribution < 1.29 is 8.81 Å². The molecule has 3 heterocycles. The molecule has 0 spiro atoms.